The molecule has 0 aromatic carbocycles. The van der Waals surface area contributed by atoms with Gasteiger partial charge >= 0.3 is 0 Å². The van der Waals surface area contributed by atoms with Gasteiger partial charge in [0.2, 0.25) is 5.91 Å². The predicted molar refractivity (Wildman–Crippen MR) is 45.9 cm³/mol. The van der Waals surface area contributed by atoms with Crippen LogP contribution in [0.5, 0.6) is 0 Å². The van der Waals surface area contributed by atoms with Crippen LogP contribution in [0.4, 0.5) is 0 Å². The van der Waals surface area contributed by atoms with Gasteiger partial charge in [-0.2, -0.15) is 0 Å². The van der Waals surface area contributed by atoms with Crippen LogP contribution < -0.4 is 10.6 Å². The van der Waals surface area contributed by atoms with Gasteiger partial charge in [0.15, 0.2) is 0 Å². The van der Waals surface area contributed by atoms with Gasteiger partial charge < -0.3 is 15.4 Å². The van der Waals surface area contributed by atoms with Gasteiger partial charge in [0, 0.05) is 19.6 Å². The molecule has 2 atom stereocenters. The third-order valence-corrected chi connectivity index (χ3v) is 2.12. The molecule has 0 saturated carbocycles. The highest BCUT2D eigenvalue weighted by Crippen LogP contribution is 2.06. The van der Waals surface area contributed by atoms with E-state index in [0.29, 0.717) is 12.6 Å². The monoisotopic (exact) mass is 172 g/mol. The first-order chi connectivity index (χ1) is 5.74. The Bertz CT molecular complexity index is 161. The first kappa shape index (κ1) is 9.48. The van der Waals surface area contributed by atoms with E-state index in [9.17, 15) is 4.79 Å². The summed E-state index contributed by atoms with van der Waals surface area (Å²) in [6.07, 6.45) is 0.960. The molecule has 2 N–H and O–H groups in total. The Hall–Kier alpha value is -0.610. The number of hydrogen-bond donors (Lipinski definition) is 2. The van der Waals surface area contributed by atoms with Gasteiger partial charge in [-0.15, -0.1) is 0 Å². The zero-order valence-electron chi connectivity index (χ0n) is 7.59. The molecule has 1 amide bonds. The lowest BCUT2D eigenvalue weighted by molar-refractivity contribution is -0.120. The average Bonchev–Trinajstić information content (AvgIpc) is 2.04. The highest BCUT2D eigenvalue weighted by Gasteiger charge is 2.24. The normalized spacial score (nSPS) is 29.8. The number of likely N-dealkylation sites (N-methyl/N-ethyl adjacent to an activating group) is 1. The number of carbonyl (C=O) groups is 1. The van der Waals surface area contributed by atoms with E-state index >= 15 is 0 Å². The molecule has 1 rings (SSSR count). The Balaban J connectivity index is 2.41. The van der Waals surface area contributed by atoms with E-state index in [1.165, 1.54) is 6.92 Å². The second-order valence-corrected chi connectivity index (χ2v) is 3.07. The van der Waals surface area contributed by atoms with Crippen molar-refractivity contribution in [2.75, 3.05) is 20.3 Å². The fourth-order valence-corrected chi connectivity index (χ4v) is 1.49. The van der Waals surface area contributed by atoms with Gasteiger partial charge in [0.05, 0.1) is 12.6 Å². The SMILES string of the molecule is CNC1CCOCC1NC(C)=O. The molecule has 0 spiro atoms. The van der Waals surface area contributed by atoms with E-state index in [2.05, 4.69) is 10.6 Å². The van der Waals surface area contributed by atoms with Crippen molar-refractivity contribution in [2.24, 2.45) is 0 Å². The Morgan fingerprint density at radius 3 is 2.83 bits per heavy atom. The lowest BCUT2D eigenvalue weighted by Crippen LogP contribution is -2.53. The number of nitrogens with one attached hydrogen (secondary N) is 2. The third-order valence-electron chi connectivity index (χ3n) is 2.12. The molecule has 0 bridgehead atoms. The van der Waals surface area contributed by atoms with Crippen molar-refractivity contribution < 1.29 is 9.53 Å². The molecule has 4 heteroatoms. The number of ether oxygens (including phenoxy) is 1. The van der Waals surface area contributed by atoms with Crippen LogP contribution in [0.1, 0.15) is 13.3 Å². The fourth-order valence-electron chi connectivity index (χ4n) is 1.49. The standard InChI is InChI=1S/C8H16N2O2/c1-6(11)10-8-5-12-4-3-7(8)9-2/h7-9H,3-5H2,1-2H3,(H,10,11). The zero-order chi connectivity index (χ0) is 8.97. The zero-order valence-corrected chi connectivity index (χ0v) is 7.59. The summed E-state index contributed by atoms with van der Waals surface area (Å²) in [5.41, 5.74) is 0. The van der Waals surface area contributed by atoms with Gasteiger partial charge in [-0.1, -0.05) is 0 Å². The number of carbonyl (C=O) groups excluding carboxylic acids is 1. The quantitative estimate of drug-likeness (QED) is 0.590. The summed E-state index contributed by atoms with van der Waals surface area (Å²) in [4.78, 5) is 10.8. The molecule has 1 aliphatic rings. The van der Waals surface area contributed by atoms with Gasteiger partial charge in [-0.3, -0.25) is 4.79 Å². The summed E-state index contributed by atoms with van der Waals surface area (Å²) in [7, 11) is 1.91. The lowest BCUT2D eigenvalue weighted by Gasteiger charge is -2.31. The summed E-state index contributed by atoms with van der Waals surface area (Å²) in [5.74, 6) is 0.00532. The van der Waals surface area contributed by atoms with E-state index < -0.39 is 0 Å². The van der Waals surface area contributed by atoms with Crippen molar-refractivity contribution in [3.05, 3.63) is 0 Å². The molecule has 1 heterocycles. The smallest absolute Gasteiger partial charge is 0.217 e. The van der Waals surface area contributed by atoms with E-state index in [1.54, 1.807) is 0 Å². The van der Waals surface area contributed by atoms with E-state index in [0.717, 1.165) is 13.0 Å². The largest absolute Gasteiger partial charge is 0.379 e. The first-order valence-electron chi connectivity index (χ1n) is 4.26. The summed E-state index contributed by atoms with van der Waals surface area (Å²) in [5, 5.41) is 6.02. The lowest BCUT2D eigenvalue weighted by atomic mass is 10.0. The van der Waals surface area contributed by atoms with E-state index in [1.807, 2.05) is 7.05 Å². The molecule has 2 unspecified atom stereocenters. The van der Waals surface area contributed by atoms with Crippen molar-refractivity contribution in [2.45, 2.75) is 25.4 Å². The van der Waals surface area contributed by atoms with Crippen LogP contribution in [0, 0.1) is 0 Å². The highest BCUT2D eigenvalue weighted by molar-refractivity contribution is 5.73. The van der Waals surface area contributed by atoms with Crippen LogP contribution >= 0.6 is 0 Å². The second kappa shape index (κ2) is 4.42. The molecule has 0 aliphatic carbocycles. The molecule has 1 fully saturated rings. The molecular formula is C8H16N2O2. The Labute approximate surface area is 72.7 Å². The number of amides is 1. The molecule has 1 saturated heterocycles. The van der Waals surface area contributed by atoms with Crippen molar-refractivity contribution in [3.63, 3.8) is 0 Å². The number of rotatable bonds is 2. The van der Waals surface area contributed by atoms with Crippen LogP contribution in [0.25, 0.3) is 0 Å². The average molecular weight is 172 g/mol. The maximum Gasteiger partial charge on any atom is 0.217 e. The topological polar surface area (TPSA) is 50.4 Å². The molecule has 0 aromatic heterocycles. The predicted octanol–water partition coefficient (Wildman–Crippen LogP) is -0.501. The Kier molecular flexibility index (Phi) is 3.49. The molecule has 0 aromatic rings. The fraction of sp³-hybridized carbons (Fsp3) is 0.875. The van der Waals surface area contributed by atoms with Gasteiger partial charge in [-0.25, -0.2) is 0 Å². The summed E-state index contributed by atoms with van der Waals surface area (Å²) in [6.45, 7) is 2.92. The van der Waals surface area contributed by atoms with E-state index in [4.69, 9.17) is 4.74 Å². The molecule has 0 radical (unpaired) electrons. The van der Waals surface area contributed by atoms with Crippen molar-refractivity contribution in [3.8, 4) is 0 Å². The van der Waals surface area contributed by atoms with Crippen LogP contribution in [0.2, 0.25) is 0 Å². The number of hydrogen-bond acceptors (Lipinski definition) is 3. The summed E-state index contributed by atoms with van der Waals surface area (Å²) < 4.78 is 5.26. The molecule has 4 nitrogen and oxygen atoms in total. The van der Waals surface area contributed by atoms with Gasteiger partial charge in [-0.05, 0) is 13.5 Å². The maximum atomic E-state index is 10.8. The van der Waals surface area contributed by atoms with Crippen LogP contribution in [-0.4, -0.2) is 38.3 Å². The van der Waals surface area contributed by atoms with E-state index in [-0.39, 0.29) is 11.9 Å². The van der Waals surface area contributed by atoms with Gasteiger partial charge in [0.25, 0.3) is 0 Å². The Morgan fingerprint density at radius 1 is 1.50 bits per heavy atom. The highest BCUT2D eigenvalue weighted by atomic mass is 16.5. The minimum absolute atomic E-state index is 0.00532. The second-order valence-electron chi connectivity index (χ2n) is 3.07. The van der Waals surface area contributed by atoms with Crippen LogP contribution in [-0.2, 0) is 9.53 Å². The van der Waals surface area contributed by atoms with Crippen molar-refractivity contribution in [1.82, 2.24) is 10.6 Å². The molecule has 70 valence electrons. The molecule has 12 heavy (non-hydrogen) atoms. The molecule has 1 aliphatic heterocycles. The summed E-state index contributed by atoms with van der Waals surface area (Å²) in [6, 6.07) is 0.476. The van der Waals surface area contributed by atoms with Crippen LogP contribution in [0.3, 0.4) is 0 Å². The minimum Gasteiger partial charge on any atom is -0.379 e. The summed E-state index contributed by atoms with van der Waals surface area (Å²) >= 11 is 0. The Morgan fingerprint density at radius 2 is 2.25 bits per heavy atom. The maximum absolute atomic E-state index is 10.8. The van der Waals surface area contributed by atoms with Crippen LogP contribution in [0.15, 0.2) is 0 Å². The first-order valence-corrected chi connectivity index (χ1v) is 4.26. The third kappa shape index (κ3) is 2.46. The molecular weight excluding hydrogens is 156 g/mol. The van der Waals surface area contributed by atoms with Gasteiger partial charge in [0.1, 0.15) is 0 Å². The van der Waals surface area contributed by atoms with Crippen molar-refractivity contribution >= 4 is 5.91 Å². The van der Waals surface area contributed by atoms with Crippen molar-refractivity contribution in [1.29, 1.82) is 0 Å². The minimum atomic E-state index is 0.00532.